The molecule has 0 unspecified atom stereocenters. The van der Waals surface area contributed by atoms with Crippen LogP contribution in [0, 0.1) is 0 Å². The normalized spacial score (nSPS) is 18.3. The van der Waals surface area contributed by atoms with Crippen molar-refractivity contribution in [2.45, 2.75) is 15.9 Å². The number of primary sulfonamides is 1. The van der Waals surface area contributed by atoms with Crippen LogP contribution in [0.3, 0.4) is 0 Å². The van der Waals surface area contributed by atoms with Crippen LogP contribution in [0.1, 0.15) is 11.7 Å². The van der Waals surface area contributed by atoms with Crippen molar-refractivity contribution in [3.8, 4) is 0 Å². The van der Waals surface area contributed by atoms with Crippen molar-refractivity contribution in [3.63, 3.8) is 0 Å². The van der Waals surface area contributed by atoms with E-state index in [2.05, 4.69) is 0 Å². The van der Waals surface area contributed by atoms with Gasteiger partial charge in [-0.2, -0.15) is 4.31 Å². The third-order valence-corrected chi connectivity index (χ3v) is 8.13. The summed E-state index contributed by atoms with van der Waals surface area (Å²) < 4.78 is 50.3. The minimum atomic E-state index is -4.03. The van der Waals surface area contributed by atoms with Crippen LogP contribution in [0.25, 0.3) is 0 Å². The Bertz CT molecular complexity index is 1260. The predicted octanol–water partition coefficient (Wildman–Crippen LogP) is 0.211. The van der Waals surface area contributed by atoms with E-state index in [1.807, 2.05) is 0 Å². The number of aliphatic hydroxyl groups excluding tert-OH is 1. The maximum Gasteiger partial charge on any atom is 0.256 e. The SMILES string of the molecule is NS(=O)(=O)c1cccc(S(=O)(=O)N2CC3=C(CN(C(=O)[C@H](O)c4ccccc4)C3)C2)c1. The highest BCUT2D eigenvalue weighted by Gasteiger charge is 2.39. The maximum atomic E-state index is 13.0. The largest absolute Gasteiger partial charge is 0.378 e. The van der Waals surface area contributed by atoms with E-state index in [0.717, 1.165) is 17.2 Å². The first-order valence-corrected chi connectivity index (χ1v) is 12.4. The van der Waals surface area contributed by atoms with Crippen LogP contribution >= 0.6 is 0 Å². The van der Waals surface area contributed by atoms with Crippen molar-refractivity contribution >= 4 is 26.0 Å². The smallest absolute Gasteiger partial charge is 0.256 e. The summed E-state index contributed by atoms with van der Waals surface area (Å²) in [6.45, 7) is 0.674. The third-order valence-electron chi connectivity index (χ3n) is 5.43. The summed E-state index contributed by atoms with van der Waals surface area (Å²) in [4.78, 5) is 13.7. The molecule has 11 heteroatoms. The van der Waals surface area contributed by atoms with Crippen LogP contribution < -0.4 is 5.14 Å². The Morgan fingerprint density at radius 2 is 1.45 bits per heavy atom. The molecule has 0 spiro atoms. The zero-order chi connectivity index (χ0) is 22.4. The van der Waals surface area contributed by atoms with E-state index < -0.39 is 32.1 Å². The summed E-state index contributed by atoms with van der Waals surface area (Å²) in [6, 6.07) is 13.5. The molecule has 2 heterocycles. The summed E-state index contributed by atoms with van der Waals surface area (Å²) in [5.74, 6) is -0.434. The summed E-state index contributed by atoms with van der Waals surface area (Å²) in [6.07, 6.45) is -1.28. The minimum absolute atomic E-state index is 0.0997. The van der Waals surface area contributed by atoms with Crippen molar-refractivity contribution in [2.75, 3.05) is 26.2 Å². The Labute approximate surface area is 180 Å². The first-order chi connectivity index (χ1) is 14.6. The van der Waals surface area contributed by atoms with E-state index in [-0.39, 0.29) is 36.0 Å². The van der Waals surface area contributed by atoms with Crippen LogP contribution in [-0.4, -0.2) is 63.2 Å². The van der Waals surface area contributed by atoms with Gasteiger partial charge in [0.15, 0.2) is 6.10 Å². The standard InChI is InChI=1S/C20H21N3O6S2/c21-30(26,27)17-7-4-8-18(9-17)31(28,29)23-12-15-10-22(11-16(15)13-23)20(25)19(24)14-5-2-1-3-6-14/h1-9,19,24H,10-13H2,(H2,21,26,27)/t19-/m1/s1. The van der Waals surface area contributed by atoms with Crippen molar-refractivity contribution in [1.82, 2.24) is 9.21 Å². The second-order valence-electron chi connectivity index (χ2n) is 7.51. The highest BCUT2D eigenvalue weighted by atomic mass is 32.2. The van der Waals surface area contributed by atoms with E-state index in [1.165, 1.54) is 27.4 Å². The van der Waals surface area contributed by atoms with Gasteiger partial charge >= 0.3 is 0 Å². The first-order valence-electron chi connectivity index (χ1n) is 9.42. The number of amides is 1. The molecule has 0 radical (unpaired) electrons. The molecule has 0 bridgehead atoms. The number of hydrogen-bond acceptors (Lipinski definition) is 6. The van der Waals surface area contributed by atoms with E-state index in [0.29, 0.717) is 5.56 Å². The number of benzene rings is 2. The van der Waals surface area contributed by atoms with Gasteiger partial charge in [0.1, 0.15) is 0 Å². The van der Waals surface area contributed by atoms with E-state index in [9.17, 15) is 26.7 Å². The zero-order valence-electron chi connectivity index (χ0n) is 16.4. The fourth-order valence-corrected chi connectivity index (χ4v) is 5.89. The maximum absolute atomic E-state index is 13.0. The van der Waals surface area contributed by atoms with Gasteiger partial charge in [0.05, 0.1) is 9.79 Å². The van der Waals surface area contributed by atoms with Gasteiger partial charge in [0.25, 0.3) is 5.91 Å². The number of carbonyl (C=O) groups is 1. The molecule has 0 aliphatic carbocycles. The molecule has 1 atom stereocenters. The van der Waals surface area contributed by atoms with E-state index in [1.54, 1.807) is 30.3 Å². The van der Waals surface area contributed by atoms with E-state index >= 15 is 0 Å². The Kier molecular flexibility index (Phi) is 5.48. The average molecular weight is 464 g/mol. The fraction of sp³-hybridized carbons (Fsp3) is 0.250. The predicted molar refractivity (Wildman–Crippen MR) is 112 cm³/mol. The van der Waals surface area contributed by atoms with Gasteiger partial charge in [-0.05, 0) is 34.9 Å². The van der Waals surface area contributed by atoms with Crippen LogP contribution in [0.4, 0.5) is 0 Å². The Morgan fingerprint density at radius 3 is 2.03 bits per heavy atom. The molecule has 0 saturated carbocycles. The zero-order valence-corrected chi connectivity index (χ0v) is 18.0. The highest BCUT2D eigenvalue weighted by molar-refractivity contribution is 7.90. The van der Waals surface area contributed by atoms with Crippen molar-refractivity contribution < 1.29 is 26.7 Å². The lowest BCUT2D eigenvalue weighted by Gasteiger charge is -2.24. The Morgan fingerprint density at radius 1 is 0.871 bits per heavy atom. The molecule has 2 aromatic rings. The number of nitrogens with two attached hydrogens (primary N) is 1. The van der Waals surface area contributed by atoms with Crippen molar-refractivity contribution in [1.29, 1.82) is 0 Å². The molecule has 0 aromatic heterocycles. The molecular weight excluding hydrogens is 442 g/mol. The van der Waals surface area contributed by atoms with Gasteiger partial charge in [-0.15, -0.1) is 0 Å². The summed E-state index contributed by atoms with van der Waals surface area (Å²) in [7, 11) is -7.98. The molecule has 3 N–H and O–H groups in total. The first kappa shape index (κ1) is 21.7. The lowest BCUT2D eigenvalue weighted by atomic mass is 10.1. The second-order valence-corrected chi connectivity index (χ2v) is 11.0. The molecule has 164 valence electrons. The minimum Gasteiger partial charge on any atom is -0.378 e. The Hall–Kier alpha value is -2.57. The third kappa shape index (κ3) is 4.14. The lowest BCUT2D eigenvalue weighted by molar-refractivity contribution is -0.139. The molecule has 2 aromatic carbocycles. The van der Waals surface area contributed by atoms with Crippen molar-refractivity contribution in [2.24, 2.45) is 5.14 Å². The topological polar surface area (TPSA) is 138 Å². The lowest BCUT2D eigenvalue weighted by Crippen LogP contribution is -2.38. The monoisotopic (exact) mass is 463 g/mol. The van der Waals surface area contributed by atoms with Gasteiger partial charge < -0.3 is 10.0 Å². The number of hydrogen-bond donors (Lipinski definition) is 2. The number of rotatable bonds is 5. The molecule has 1 amide bonds. The van der Waals surface area contributed by atoms with E-state index in [4.69, 9.17) is 5.14 Å². The molecule has 2 aliphatic rings. The highest BCUT2D eigenvalue weighted by Crippen LogP contribution is 2.31. The number of nitrogens with zero attached hydrogens (tertiary/aromatic N) is 2. The molecule has 4 rings (SSSR count). The van der Waals surface area contributed by atoms with Gasteiger partial charge in [-0.25, -0.2) is 22.0 Å². The number of carbonyl (C=O) groups excluding carboxylic acids is 1. The van der Waals surface area contributed by atoms with Gasteiger partial charge in [-0.1, -0.05) is 36.4 Å². The molecule has 0 fully saturated rings. The molecule has 31 heavy (non-hydrogen) atoms. The van der Waals surface area contributed by atoms with Crippen LogP contribution in [-0.2, 0) is 24.8 Å². The van der Waals surface area contributed by atoms with Crippen LogP contribution in [0.5, 0.6) is 0 Å². The van der Waals surface area contributed by atoms with Gasteiger partial charge in [-0.3, -0.25) is 4.79 Å². The number of aliphatic hydroxyl groups is 1. The quantitative estimate of drug-likeness (QED) is 0.608. The average Bonchev–Trinajstić information content (AvgIpc) is 3.33. The molecule has 2 aliphatic heterocycles. The summed E-state index contributed by atoms with van der Waals surface area (Å²) in [5.41, 5.74) is 2.11. The second kappa shape index (κ2) is 7.84. The Balaban J connectivity index is 1.46. The summed E-state index contributed by atoms with van der Waals surface area (Å²) in [5, 5.41) is 15.5. The molecule has 0 saturated heterocycles. The van der Waals surface area contributed by atoms with Crippen LogP contribution in [0.2, 0.25) is 0 Å². The molecule has 9 nitrogen and oxygen atoms in total. The van der Waals surface area contributed by atoms with Crippen LogP contribution in [0.15, 0.2) is 75.5 Å². The summed E-state index contributed by atoms with van der Waals surface area (Å²) >= 11 is 0. The number of sulfonamides is 2. The fourth-order valence-electron chi connectivity index (χ4n) is 3.78. The van der Waals surface area contributed by atoms with Gasteiger partial charge in [0, 0.05) is 26.2 Å². The van der Waals surface area contributed by atoms with Crippen molar-refractivity contribution in [3.05, 3.63) is 71.3 Å². The molecular formula is C20H21N3O6S2. The van der Waals surface area contributed by atoms with Gasteiger partial charge in [0.2, 0.25) is 20.0 Å².